The molecule has 208 valence electrons. The molecule has 1 N–H and O–H groups in total. The summed E-state index contributed by atoms with van der Waals surface area (Å²) in [4.78, 5) is 32.6. The number of alkyl halides is 2. The van der Waals surface area contributed by atoms with Crippen LogP contribution in [0.25, 0.3) is 0 Å². The maximum absolute atomic E-state index is 17.5. The van der Waals surface area contributed by atoms with Crippen molar-refractivity contribution in [2.24, 2.45) is 28.6 Å². The van der Waals surface area contributed by atoms with Crippen molar-refractivity contribution in [1.29, 1.82) is 0 Å². The summed E-state index contributed by atoms with van der Waals surface area (Å²) in [5, 5.41) is 13.9. The van der Waals surface area contributed by atoms with Crippen LogP contribution in [0.4, 0.5) is 14.5 Å². The molecule has 6 nitrogen and oxygen atoms in total. The molecule has 0 unspecified atom stereocenters. The number of fused-ring (bicyclic) bond motifs is 7. The number of carbonyl (C=O) groups excluding carboxylic acids is 2. The Morgan fingerprint density at radius 2 is 2.00 bits per heavy atom. The molecule has 1 saturated heterocycles. The lowest BCUT2D eigenvalue weighted by atomic mass is 9.44. The summed E-state index contributed by atoms with van der Waals surface area (Å²) in [7, 11) is 0. The molecule has 9 atom stereocenters. The average molecular weight is 578 g/mol. The second-order valence-electron chi connectivity index (χ2n) is 12.0. The van der Waals surface area contributed by atoms with Gasteiger partial charge >= 0.3 is 0 Å². The fraction of sp³-hybridized carbons (Fsp3) is 0.552. The highest BCUT2D eigenvalue weighted by atomic mass is 35.5. The highest BCUT2D eigenvalue weighted by molar-refractivity contribution is 7.78. The van der Waals surface area contributed by atoms with Gasteiger partial charge in [-0.05, 0) is 86.3 Å². The first-order valence-electron chi connectivity index (χ1n) is 13.2. The molecular weight excluding hydrogens is 548 g/mol. The molecule has 1 aliphatic heterocycles. The predicted octanol–water partition coefficient (Wildman–Crippen LogP) is 4.92. The van der Waals surface area contributed by atoms with Gasteiger partial charge in [0.15, 0.2) is 17.1 Å². The number of hydroxylamine groups is 1. The molecule has 5 aliphatic rings. The van der Waals surface area contributed by atoms with Crippen LogP contribution >= 0.6 is 23.8 Å². The van der Waals surface area contributed by atoms with Crippen molar-refractivity contribution in [1.82, 2.24) is 0 Å². The number of hydrogen-bond acceptors (Lipinski definition) is 7. The van der Waals surface area contributed by atoms with Crippen LogP contribution in [0.1, 0.15) is 33.1 Å². The second kappa shape index (κ2) is 8.90. The van der Waals surface area contributed by atoms with Crippen molar-refractivity contribution in [2.75, 3.05) is 18.2 Å². The lowest BCUT2D eigenvalue weighted by Crippen LogP contribution is -2.70. The highest BCUT2D eigenvalue weighted by Crippen LogP contribution is 2.72. The van der Waals surface area contributed by atoms with Gasteiger partial charge in [-0.25, -0.2) is 8.78 Å². The van der Waals surface area contributed by atoms with Gasteiger partial charge in [-0.2, -0.15) is 0 Å². The van der Waals surface area contributed by atoms with Crippen LogP contribution in [-0.4, -0.2) is 58.9 Å². The third-order valence-electron chi connectivity index (χ3n) is 10.4. The molecular formula is C29H30ClF2NO5S. The third-order valence-corrected chi connectivity index (χ3v) is 10.8. The van der Waals surface area contributed by atoms with E-state index in [0.717, 1.165) is 5.55 Å². The molecule has 1 aromatic rings. The first kappa shape index (κ1) is 27.0. The number of benzene rings is 1. The van der Waals surface area contributed by atoms with Crippen LogP contribution in [0.5, 0.6) is 0 Å². The minimum absolute atomic E-state index is 0.0694. The summed E-state index contributed by atoms with van der Waals surface area (Å²) < 4.78 is 38.5. The van der Waals surface area contributed by atoms with E-state index in [1.54, 1.807) is 36.3 Å². The molecule has 0 spiro atoms. The molecule has 1 heterocycles. The zero-order chi connectivity index (χ0) is 28.0. The third kappa shape index (κ3) is 3.39. The predicted molar refractivity (Wildman–Crippen MR) is 145 cm³/mol. The number of ketones is 2. The van der Waals surface area contributed by atoms with Crippen LogP contribution in [0.2, 0.25) is 5.02 Å². The van der Waals surface area contributed by atoms with Crippen molar-refractivity contribution >= 4 is 46.6 Å². The van der Waals surface area contributed by atoms with E-state index in [1.807, 2.05) is 6.92 Å². The molecule has 4 aliphatic carbocycles. The van der Waals surface area contributed by atoms with Gasteiger partial charge in [-0.3, -0.25) is 19.5 Å². The Morgan fingerprint density at radius 3 is 2.69 bits per heavy atom. The Bertz CT molecular complexity index is 1310. The smallest absolute Gasteiger partial charge is 0.205 e. The number of allylic oxidation sites excluding steroid dienone is 4. The van der Waals surface area contributed by atoms with E-state index in [1.165, 1.54) is 18.2 Å². The molecule has 0 bridgehead atoms. The molecule has 6 rings (SSSR count). The Kier molecular flexibility index (Phi) is 6.16. The maximum atomic E-state index is 17.5. The van der Waals surface area contributed by atoms with Crippen LogP contribution in [-0.2, 0) is 19.2 Å². The molecule has 10 heteroatoms. The number of hydrogen-bond donors (Lipinski definition) is 1. The number of nitrogens with zero attached hydrogens (tertiary/aromatic N) is 1. The number of aliphatic hydroxyl groups excluding tert-OH is 1. The standard InChI is InChI=1S/C29H30ClF2NO5S/c1-26-8-7-19(34)10-22(26)23(31)11-21-20-9-16-13-33(18-5-3-17(30)4-6-18)38-29(16,25(36)14-37-15-39)27(20,2)12-24(35)28(21,26)32/h3-8,10,15-16,20-21,23-24,35H,9,11-14H2,1-2H3/t16-,20-,21-,23-,24-,26-,27-,28-,29-/m0/s1. The molecule has 39 heavy (non-hydrogen) atoms. The van der Waals surface area contributed by atoms with Crippen molar-refractivity contribution in [3.63, 3.8) is 0 Å². The van der Waals surface area contributed by atoms with Crippen LogP contribution < -0.4 is 5.06 Å². The van der Waals surface area contributed by atoms with Gasteiger partial charge in [0, 0.05) is 27.7 Å². The van der Waals surface area contributed by atoms with Crippen molar-refractivity contribution in [3.05, 3.63) is 53.1 Å². The van der Waals surface area contributed by atoms with Gasteiger partial charge < -0.3 is 9.84 Å². The van der Waals surface area contributed by atoms with Gasteiger partial charge in [0.2, 0.25) is 5.78 Å². The quantitative estimate of drug-likeness (QED) is 0.498. The Balaban J connectivity index is 1.44. The van der Waals surface area contributed by atoms with Gasteiger partial charge in [0.05, 0.1) is 18.3 Å². The number of thiocarbonyl (C=S) groups is 1. The lowest BCUT2D eigenvalue weighted by Gasteiger charge is -2.63. The lowest BCUT2D eigenvalue weighted by molar-refractivity contribution is -0.227. The zero-order valence-electron chi connectivity index (χ0n) is 21.6. The molecule has 1 aromatic carbocycles. The first-order chi connectivity index (χ1) is 18.4. The zero-order valence-corrected chi connectivity index (χ0v) is 23.2. The first-order valence-corrected chi connectivity index (χ1v) is 14.0. The summed E-state index contributed by atoms with van der Waals surface area (Å²) in [5.41, 5.74) is -4.41. The average Bonchev–Trinajstić information content (AvgIpc) is 3.39. The molecule has 0 radical (unpaired) electrons. The van der Waals surface area contributed by atoms with Crippen LogP contribution in [0.3, 0.4) is 0 Å². The molecule has 0 amide bonds. The fourth-order valence-corrected chi connectivity index (χ4v) is 8.92. The summed E-state index contributed by atoms with van der Waals surface area (Å²) in [6.45, 7) is 3.42. The van der Waals surface area contributed by atoms with Crippen LogP contribution in [0.15, 0.2) is 48.1 Å². The minimum atomic E-state index is -2.23. The highest BCUT2D eigenvalue weighted by Gasteiger charge is 2.79. The van der Waals surface area contributed by atoms with Crippen molar-refractivity contribution in [2.45, 2.75) is 56.7 Å². The number of anilines is 1. The van der Waals surface area contributed by atoms with E-state index in [2.05, 4.69) is 0 Å². The number of halogens is 3. The van der Waals surface area contributed by atoms with Gasteiger partial charge in [0.1, 0.15) is 18.3 Å². The fourth-order valence-electron chi connectivity index (χ4n) is 8.73. The Hall–Kier alpha value is -2.20. The topological polar surface area (TPSA) is 76.1 Å². The van der Waals surface area contributed by atoms with Gasteiger partial charge in [0.25, 0.3) is 0 Å². The van der Waals surface area contributed by atoms with E-state index >= 15 is 8.78 Å². The summed E-state index contributed by atoms with van der Waals surface area (Å²) in [5.74, 6) is -2.49. The number of ether oxygens (including phenoxy) is 1. The second-order valence-corrected chi connectivity index (χ2v) is 12.6. The monoisotopic (exact) mass is 577 g/mol. The van der Waals surface area contributed by atoms with E-state index in [9.17, 15) is 14.7 Å². The normalized spacial score (nSPS) is 44.2. The van der Waals surface area contributed by atoms with Gasteiger partial charge in [-0.15, -0.1) is 0 Å². The molecule has 4 fully saturated rings. The van der Waals surface area contributed by atoms with Gasteiger partial charge in [-0.1, -0.05) is 24.6 Å². The Labute approximate surface area is 235 Å². The molecule has 3 saturated carbocycles. The van der Waals surface area contributed by atoms with E-state index in [4.69, 9.17) is 33.4 Å². The number of Topliss-reactive ketones (excluding diaryl/α,β-unsaturated/α-hetero) is 1. The molecule has 0 aromatic heterocycles. The summed E-state index contributed by atoms with van der Waals surface area (Å²) in [6, 6.07) is 7.03. The SMILES string of the molecule is C[C@]12C=CC(=O)C=C1[C@@H](F)C[C@H]1[C@@H]3C[C@H]4CN(c5ccc(Cl)cc5)O[C@@]4(C(=O)COC=S)[C@@]3(C)C[C@H](O)[C@@]12F. The summed E-state index contributed by atoms with van der Waals surface area (Å²) >= 11 is 10.9. The largest absolute Gasteiger partial charge is 0.482 e. The number of carbonyl (C=O) groups is 2. The maximum Gasteiger partial charge on any atom is 0.205 e. The number of aliphatic hydroxyl groups is 1. The van der Waals surface area contributed by atoms with E-state index in [-0.39, 0.29) is 36.7 Å². The van der Waals surface area contributed by atoms with E-state index < -0.39 is 52.0 Å². The van der Waals surface area contributed by atoms with Crippen LogP contribution in [0, 0.1) is 28.6 Å². The van der Waals surface area contributed by atoms with Crippen molar-refractivity contribution in [3.8, 4) is 0 Å². The van der Waals surface area contributed by atoms with Crippen molar-refractivity contribution < 1.29 is 33.1 Å². The minimum Gasteiger partial charge on any atom is -0.482 e. The van der Waals surface area contributed by atoms with E-state index in [0.29, 0.717) is 23.7 Å². The number of rotatable bonds is 5. The Morgan fingerprint density at radius 1 is 1.28 bits per heavy atom. The summed E-state index contributed by atoms with van der Waals surface area (Å²) in [6.07, 6.45) is 0.882.